The number of imidazole rings is 1. The molecular formula is C14H22N4S. The molecule has 1 saturated heterocycles. The van der Waals surface area contributed by atoms with Crippen LogP contribution in [0.4, 0.5) is 5.82 Å². The molecule has 104 valence electrons. The van der Waals surface area contributed by atoms with Crippen molar-refractivity contribution in [1.82, 2.24) is 9.38 Å². The molecule has 3 heterocycles. The molecule has 1 aliphatic rings. The molecule has 2 atom stereocenters. The van der Waals surface area contributed by atoms with Gasteiger partial charge in [-0.25, -0.2) is 4.98 Å². The zero-order valence-electron chi connectivity index (χ0n) is 11.7. The van der Waals surface area contributed by atoms with Crippen LogP contribution in [0.5, 0.6) is 0 Å². The van der Waals surface area contributed by atoms with Crippen molar-refractivity contribution in [3.05, 3.63) is 17.3 Å². The van der Waals surface area contributed by atoms with E-state index in [9.17, 15) is 0 Å². The van der Waals surface area contributed by atoms with E-state index < -0.39 is 0 Å². The average Bonchev–Trinajstić information content (AvgIpc) is 3.06. The van der Waals surface area contributed by atoms with E-state index in [-0.39, 0.29) is 6.04 Å². The monoisotopic (exact) mass is 278 g/mol. The molecule has 0 aromatic carbocycles. The fourth-order valence-electron chi connectivity index (χ4n) is 2.88. The van der Waals surface area contributed by atoms with E-state index in [2.05, 4.69) is 34.7 Å². The van der Waals surface area contributed by atoms with E-state index in [1.165, 1.54) is 24.4 Å². The molecule has 0 saturated carbocycles. The van der Waals surface area contributed by atoms with Crippen LogP contribution in [0.1, 0.15) is 38.8 Å². The maximum Gasteiger partial charge on any atom is 0.195 e. The minimum atomic E-state index is 0.219. The Labute approximate surface area is 118 Å². The molecule has 2 N–H and O–H groups in total. The Hall–Kier alpha value is -1.07. The molecule has 4 nitrogen and oxygen atoms in total. The molecule has 19 heavy (non-hydrogen) atoms. The molecule has 0 amide bonds. The van der Waals surface area contributed by atoms with Gasteiger partial charge in [0.25, 0.3) is 0 Å². The predicted molar refractivity (Wildman–Crippen MR) is 81.1 cm³/mol. The topological polar surface area (TPSA) is 46.6 Å². The summed E-state index contributed by atoms with van der Waals surface area (Å²) in [5.41, 5.74) is 7.46. The lowest BCUT2D eigenvalue weighted by molar-refractivity contribution is 0.630. The van der Waals surface area contributed by atoms with Crippen molar-refractivity contribution in [3.63, 3.8) is 0 Å². The summed E-state index contributed by atoms with van der Waals surface area (Å²) >= 11 is 1.70. The summed E-state index contributed by atoms with van der Waals surface area (Å²) in [6.45, 7) is 5.57. The summed E-state index contributed by atoms with van der Waals surface area (Å²) in [7, 11) is 0. The quantitative estimate of drug-likeness (QED) is 0.935. The molecule has 0 radical (unpaired) electrons. The van der Waals surface area contributed by atoms with Crippen LogP contribution < -0.4 is 10.6 Å². The van der Waals surface area contributed by atoms with Gasteiger partial charge >= 0.3 is 0 Å². The van der Waals surface area contributed by atoms with Gasteiger partial charge in [-0.15, -0.1) is 11.3 Å². The van der Waals surface area contributed by atoms with Crippen molar-refractivity contribution in [1.29, 1.82) is 0 Å². The molecule has 0 spiro atoms. The molecule has 0 aliphatic carbocycles. The first-order valence-corrected chi connectivity index (χ1v) is 8.05. The molecular weight excluding hydrogens is 256 g/mol. The van der Waals surface area contributed by atoms with E-state index in [0.717, 1.165) is 24.3 Å². The van der Waals surface area contributed by atoms with Crippen molar-refractivity contribution < 1.29 is 0 Å². The third kappa shape index (κ3) is 2.25. The SMILES string of the molecule is CCC(N)Cc1c(N2CCCC2C)nc2sccn12. The first-order chi connectivity index (χ1) is 9.20. The van der Waals surface area contributed by atoms with Crippen molar-refractivity contribution in [3.8, 4) is 0 Å². The van der Waals surface area contributed by atoms with Gasteiger partial charge in [0.1, 0.15) is 0 Å². The van der Waals surface area contributed by atoms with Crippen LogP contribution in [0.25, 0.3) is 4.96 Å². The van der Waals surface area contributed by atoms with Gasteiger partial charge in [0.2, 0.25) is 0 Å². The van der Waals surface area contributed by atoms with Crippen LogP contribution in [0.3, 0.4) is 0 Å². The Morgan fingerprint density at radius 3 is 3.11 bits per heavy atom. The summed E-state index contributed by atoms with van der Waals surface area (Å²) in [6, 6.07) is 0.817. The third-order valence-corrected chi connectivity index (χ3v) is 4.90. The Bertz CT molecular complexity index is 559. The van der Waals surface area contributed by atoms with E-state index in [0.29, 0.717) is 6.04 Å². The summed E-state index contributed by atoms with van der Waals surface area (Å²) in [4.78, 5) is 8.39. The molecule has 1 aliphatic heterocycles. The highest BCUT2D eigenvalue weighted by atomic mass is 32.1. The molecule has 3 rings (SSSR count). The Morgan fingerprint density at radius 1 is 1.58 bits per heavy atom. The number of hydrogen-bond donors (Lipinski definition) is 1. The highest BCUT2D eigenvalue weighted by Crippen LogP contribution is 2.31. The summed E-state index contributed by atoms with van der Waals surface area (Å²) in [5, 5.41) is 2.10. The van der Waals surface area contributed by atoms with E-state index in [1.54, 1.807) is 11.3 Å². The van der Waals surface area contributed by atoms with Crippen LogP contribution in [0, 0.1) is 0 Å². The maximum atomic E-state index is 6.17. The first-order valence-electron chi connectivity index (χ1n) is 7.17. The fraction of sp³-hybridized carbons (Fsp3) is 0.643. The molecule has 2 aromatic heterocycles. The molecule has 2 aromatic rings. The van der Waals surface area contributed by atoms with E-state index >= 15 is 0 Å². The second kappa shape index (κ2) is 5.13. The van der Waals surface area contributed by atoms with Gasteiger partial charge < -0.3 is 10.6 Å². The number of rotatable bonds is 4. The molecule has 0 bridgehead atoms. The van der Waals surface area contributed by atoms with Crippen LogP contribution in [0.15, 0.2) is 11.6 Å². The van der Waals surface area contributed by atoms with Gasteiger partial charge in [-0.1, -0.05) is 6.92 Å². The maximum absolute atomic E-state index is 6.17. The number of aromatic nitrogens is 2. The molecule has 5 heteroatoms. The Balaban J connectivity index is 2.02. The second-order valence-electron chi connectivity index (χ2n) is 5.49. The lowest BCUT2D eigenvalue weighted by Crippen LogP contribution is -2.29. The minimum Gasteiger partial charge on any atom is -0.352 e. The van der Waals surface area contributed by atoms with Gasteiger partial charge in [0.05, 0.1) is 5.69 Å². The number of nitrogens with zero attached hydrogens (tertiary/aromatic N) is 3. The Morgan fingerprint density at radius 2 is 2.42 bits per heavy atom. The highest BCUT2D eigenvalue weighted by molar-refractivity contribution is 7.15. The zero-order chi connectivity index (χ0) is 13.4. The number of anilines is 1. The lowest BCUT2D eigenvalue weighted by Gasteiger charge is -2.23. The zero-order valence-corrected chi connectivity index (χ0v) is 12.5. The van der Waals surface area contributed by atoms with Crippen molar-refractivity contribution in [2.24, 2.45) is 5.73 Å². The number of hydrogen-bond acceptors (Lipinski definition) is 4. The Kier molecular flexibility index (Phi) is 3.50. The summed E-state index contributed by atoms with van der Waals surface area (Å²) in [6.07, 6.45) is 6.57. The standard InChI is InChI=1S/C14H22N4S/c1-3-11(15)9-12-13(17-6-4-5-10(17)2)16-14-18(12)7-8-19-14/h7-8,10-11H,3-6,9,15H2,1-2H3. The number of fused-ring (bicyclic) bond motifs is 1. The fourth-order valence-corrected chi connectivity index (χ4v) is 3.61. The van der Waals surface area contributed by atoms with Crippen LogP contribution in [-0.4, -0.2) is 28.0 Å². The molecule has 1 fully saturated rings. The average molecular weight is 278 g/mol. The van der Waals surface area contributed by atoms with Crippen LogP contribution in [0.2, 0.25) is 0 Å². The van der Waals surface area contributed by atoms with Gasteiger partial charge in [0.15, 0.2) is 10.8 Å². The summed E-state index contributed by atoms with van der Waals surface area (Å²) < 4.78 is 2.22. The highest BCUT2D eigenvalue weighted by Gasteiger charge is 2.27. The van der Waals surface area contributed by atoms with Crippen molar-refractivity contribution in [2.75, 3.05) is 11.4 Å². The third-order valence-electron chi connectivity index (χ3n) is 4.14. The van der Waals surface area contributed by atoms with E-state index in [4.69, 9.17) is 10.7 Å². The van der Waals surface area contributed by atoms with Crippen LogP contribution >= 0.6 is 11.3 Å². The largest absolute Gasteiger partial charge is 0.352 e. The number of nitrogens with two attached hydrogens (primary N) is 1. The minimum absolute atomic E-state index is 0.219. The number of thiazole rings is 1. The van der Waals surface area contributed by atoms with E-state index in [1.807, 2.05) is 0 Å². The smallest absolute Gasteiger partial charge is 0.195 e. The lowest BCUT2D eigenvalue weighted by atomic mass is 10.1. The second-order valence-corrected chi connectivity index (χ2v) is 6.37. The summed E-state index contributed by atoms with van der Waals surface area (Å²) in [5.74, 6) is 1.17. The molecule has 2 unspecified atom stereocenters. The predicted octanol–water partition coefficient (Wildman–Crippen LogP) is 2.66. The van der Waals surface area contributed by atoms with Crippen molar-refractivity contribution >= 4 is 22.1 Å². The van der Waals surface area contributed by atoms with Gasteiger partial charge in [-0.2, -0.15) is 0 Å². The van der Waals surface area contributed by atoms with Crippen molar-refractivity contribution in [2.45, 2.75) is 51.6 Å². The van der Waals surface area contributed by atoms with Gasteiger partial charge in [-0.05, 0) is 26.2 Å². The van der Waals surface area contributed by atoms with Gasteiger partial charge in [0, 0.05) is 36.6 Å². The van der Waals surface area contributed by atoms with Crippen LogP contribution in [-0.2, 0) is 6.42 Å². The van der Waals surface area contributed by atoms with Gasteiger partial charge in [-0.3, -0.25) is 4.40 Å². The normalized spacial score (nSPS) is 21.4. The first kappa shape index (κ1) is 12.9.